The first kappa shape index (κ1) is 20.4. The molecule has 1 aliphatic heterocycles. The molecule has 1 aromatic rings. The van der Waals surface area contributed by atoms with Gasteiger partial charge in [0.05, 0.1) is 30.8 Å². The average Bonchev–Trinajstić information content (AvgIpc) is 2.61. The van der Waals surface area contributed by atoms with Crippen molar-refractivity contribution >= 4 is 29.4 Å². The van der Waals surface area contributed by atoms with Gasteiger partial charge in [0.1, 0.15) is 0 Å². The Morgan fingerprint density at radius 3 is 2.69 bits per heavy atom. The molecule has 1 aliphatic rings. The van der Waals surface area contributed by atoms with Crippen LogP contribution in [0.3, 0.4) is 0 Å². The van der Waals surface area contributed by atoms with Gasteiger partial charge in [0.2, 0.25) is 5.91 Å². The first-order valence-electron chi connectivity index (χ1n) is 8.41. The van der Waals surface area contributed by atoms with Crippen molar-refractivity contribution < 1.29 is 24.2 Å². The average molecular weight is 380 g/mol. The van der Waals surface area contributed by atoms with E-state index in [9.17, 15) is 14.4 Å². The second-order valence-electron chi connectivity index (χ2n) is 6.21. The van der Waals surface area contributed by atoms with Crippen molar-refractivity contribution in [3.63, 3.8) is 0 Å². The number of amides is 1. The predicted octanol–water partition coefficient (Wildman–Crippen LogP) is 0.846. The summed E-state index contributed by atoms with van der Waals surface area (Å²) in [5.74, 6) is -0.388. The van der Waals surface area contributed by atoms with Crippen molar-refractivity contribution in [2.24, 2.45) is 0 Å². The normalized spacial score (nSPS) is 17.3. The predicted molar refractivity (Wildman–Crippen MR) is 99.6 cm³/mol. The Labute approximate surface area is 157 Å². The van der Waals surface area contributed by atoms with Crippen LogP contribution in [0, 0.1) is 0 Å². The highest BCUT2D eigenvalue weighted by Gasteiger charge is 2.25. The van der Waals surface area contributed by atoms with E-state index in [0.29, 0.717) is 31.8 Å². The second-order valence-corrected chi connectivity index (χ2v) is 7.19. The van der Waals surface area contributed by atoms with Gasteiger partial charge in [0, 0.05) is 25.2 Å². The molecule has 1 heterocycles. The molecule has 1 N–H and O–H groups in total. The van der Waals surface area contributed by atoms with E-state index in [1.807, 2.05) is 18.2 Å². The number of hydrogen-bond donors (Lipinski definition) is 1. The minimum Gasteiger partial charge on any atom is -0.480 e. The Hall–Kier alpha value is -1.90. The summed E-state index contributed by atoms with van der Waals surface area (Å²) in [6.45, 7) is 1.78. The minimum atomic E-state index is -0.893. The van der Waals surface area contributed by atoms with Crippen LogP contribution in [0.2, 0.25) is 0 Å². The number of carboxylic acids is 1. The summed E-state index contributed by atoms with van der Waals surface area (Å²) >= 11 is 1.31. The number of aliphatic carboxylic acids is 1. The van der Waals surface area contributed by atoms with Crippen LogP contribution in [0.5, 0.6) is 0 Å². The molecule has 0 radical (unpaired) electrons. The topological polar surface area (TPSA) is 87.2 Å². The zero-order chi connectivity index (χ0) is 18.9. The van der Waals surface area contributed by atoms with Gasteiger partial charge in [-0.15, -0.1) is 11.8 Å². The Morgan fingerprint density at radius 2 is 2.00 bits per heavy atom. The van der Waals surface area contributed by atoms with Crippen molar-refractivity contribution in [1.29, 1.82) is 0 Å². The zero-order valence-electron chi connectivity index (χ0n) is 14.8. The molecule has 142 valence electrons. The maximum Gasteiger partial charge on any atom is 0.317 e. The number of nitrogens with zero attached hydrogens (tertiary/aromatic N) is 2. The largest absolute Gasteiger partial charge is 0.480 e. The molecule has 1 aromatic carbocycles. The van der Waals surface area contributed by atoms with E-state index in [-0.39, 0.29) is 35.8 Å². The molecule has 8 heteroatoms. The van der Waals surface area contributed by atoms with Gasteiger partial charge in [-0.05, 0) is 7.05 Å². The maximum atomic E-state index is 12.4. The molecule has 2 rings (SSSR count). The minimum absolute atomic E-state index is 0.0125. The van der Waals surface area contributed by atoms with Crippen LogP contribution in [-0.2, 0) is 14.3 Å². The lowest BCUT2D eigenvalue weighted by atomic mass is 10.2. The van der Waals surface area contributed by atoms with E-state index in [1.165, 1.54) is 11.8 Å². The molecular formula is C18H24N2O5S. The Kier molecular flexibility index (Phi) is 8.08. The van der Waals surface area contributed by atoms with Crippen LogP contribution >= 0.6 is 11.8 Å². The summed E-state index contributed by atoms with van der Waals surface area (Å²) in [6, 6.07) is 9.03. The molecule has 1 amide bonds. The first-order chi connectivity index (χ1) is 12.5. The van der Waals surface area contributed by atoms with Gasteiger partial charge >= 0.3 is 5.97 Å². The van der Waals surface area contributed by atoms with Gasteiger partial charge in [0.25, 0.3) is 0 Å². The number of thioether (sulfide) groups is 1. The third-order valence-corrected chi connectivity index (χ3v) is 4.88. The van der Waals surface area contributed by atoms with E-state index < -0.39 is 5.97 Å². The Balaban J connectivity index is 1.73. The molecular weight excluding hydrogens is 356 g/mol. The molecule has 0 aromatic heterocycles. The van der Waals surface area contributed by atoms with Gasteiger partial charge in [-0.2, -0.15) is 0 Å². The van der Waals surface area contributed by atoms with Gasteiger partial charge in [-0.3, -0.25) is 19.3 Å². The van der Waals surface area contributed by atoms with Crippen LogP contribution in [0.25, 0.3) is 0 Å². The number of ketones is 1. The highest BCUT2D eigenvalue weighted by Crippen LogP contribution is 2.12. The summed E-state index contributed by atoms with van der Waals surface area (Å²) in [7, 11) is 1.71. The summed E-state index contributed by atoms with van der Waals surface area (Å²) in [5, 5.41) is 8.80. The number of morpholine rings is 1. The maximum absolute atomic E-state index is 12.4. The number of Topliss-reactive ketones (excluding diaryl/α,β-unsaturated/α-hetero) is 1. The van der Waals surface area contributed by atoms with Crippen LogP contribution in [0.1, 0.15) is 10.4 Å². The second kappa shape index (κ2) is 10.3. The lowest BCUT2D eigenvalue weighted by molar-refractivity contribution is -0.141. The summed E-state index contributed by atoms with van der Waals surface area (Å²) in [5.41, 5.74) is 0.653. The molecule has 0 aliphatic carbocycles. The van der Waals surface area contributed by atoms with Gasteiger partial charge in [-0.1, -0.05) is 30.3 Å². The fraction of sp³-hybridized carbons (Fsp3) is 0.500. The number of carboxylic acid groups (broad SMARTS) is 1. The number of carbonyl (C=O) groups excluding carboxylic acids is 2. The number of benzene rings is 1. The van der Waals surface area contributed by atoms with E-state index in [1.54, 1.807) is 29.0 Å². The summed E-state index contributed by atoms with van der Waals surface area (Å²) in [4.78, 5) is 38.5. The van der Waals surface area contributed by atoms with Crippen LogP contribution < -0.4 is 0 Å². The lowest BCUT2D eigenvalue weighted by Gasteiger charge is -2.34. The Morgan fingerprint density at radius 1 is 1.27 bits per heavy atom. The van der Waals surface area contributed by atoms with Crippen LogP contribution in [0.4, 0.5) is 0 Å². The fourth-order valence-corrected chi connectivity index (χ4v) is 3.54. The fourth-order valence-electron chi connectivity index (χ4n) is 2.73. The van der Waals surface area contributed by atoms with Crippen molar-refractivity contribution in [3.8, 4) is 0 Å². The molecule has 1 unspecified atom stereocenters. The van der Waals surface area contributed by atoms with Crippen molar-refractivity contribution in [1.82, 2.24) is 9.80 Å². The molecule has 26 heavy (non-hydrogen) atoms. The number of carbonyl (C=O) groups is 3. The van der Waals surface area contributed by atoms with Crippen LogP contribution in [-0.4, -0.2) is 90.0 Å². The van der Waals surface area contributed by atoms with Gasteiger partial charge in [-0.25, -0.2) is 0 Å². The standard InChI is InChI=1S/C18H24N2O5S/c1-19(11-18(23)24)9-15-10-20(7-8-25-15)17(22)13-26-12-16(21)14-5-3-2-4-6-14/h2-6,15H,7-13H2,1H3,(H,23,24). The number of likely N-dealkylation sites (N-methyl/N-ethyl adjacent to an activating group) is 1. The van der Waals surface area contributed by atoms with E-state index >= 15 is 0 Å². The smallest absolute Gasteiger partial charge is 0.317 e. The van der Waals surface area contributed by atoms with Crippen molar-refractivity contribution in [2.75, 3.05) is 51.3 Å². The quantitative estimate of drug-likeness (QED) is 0.636. The molecule has 1 fully saturated rings. The van der Waals surface area contributed by atoms with E-state index in [2.05, 4.69) is 0 Å². The summed E-state index contributed by atoms with van der Waals surface area (Å²) < 4.78 is 5.62. The molecule has 1 saturated heterocycles. The highest BCUT2D eigenvalue weighted by molar-refractivity contribution is 8.00. The summed E-state index contributed by atoms with van der Waals surface area (Å²) in [6.07, 6.45) is -0.201. The number of hydrogen-bond acceptors (Lipinski definition) is 6. The lowest BCUT2D eigenvalue weighted by Crippen LogP contribution is -2.50. The van der Waals surface area contributed by atoms with Crippen molar-refractivity contribution in [2.45, 2.75) is 6.10 Å². The third-order valence-electron chi connectivity index (χ3n) is 3.97. The zero-order valence-corrected chi connectivity index (χ0v) is 15.6. The Bertz CT molecular complexity index is 625. The SMILES string of the molecule is CN(CC(=O)O)CC1CN(C(=O)CSCC(=O)c2ccccc2)CCO1. The molecule has 1 atom stereocenters. The molecule has 0 spiro atoms. The number of rotatable bonds is 9. The van der Waals surface area contributed by atoms with E-state index in [0.717, 1.165) is 0 Å². The number of ether oxygens (including phenoxy) is 1. The molecule has 7 nitrogen and oxygen atoms in total. The molecule has 0 bridgehead atoms. The third kappa shape index (κ3) is 6.78. The highest BCUT2D eigenvalue weighted by atomic mass is 32.2. The van der Waals surface area contributed by atoms with Crippen LogP contribution in [0.15, 0.2) is 30.3 Å². The van der Waals surface area contributed by atoms with E-state index in [4.69, 9.17) is 9.84 Å². The monoisotopic (exact) mass is 380 g/mol. The van der Waals surface area contributed by atoms with Gasteiger partial charge in [0.15, 0.2) is 5.78 Å². The van der Waals surface area contributed by atoms with Gasteiger partial charge < -0.3 is 14.7 Å². The van der Waals surface area contributed by atoms with Crippen molar-refractivity contribution in [3.05, 3.63) is 35.9 Å². The first-order valence-corrected chi connectivity index (χ1v) is 9.57. The molecule has 0 saturated carbocycles.